The lowest BCUT2D eigenvalue weighted by molar-refractivity contribution is 0.673. The van der Waals surface area contributed by atoms with Crippen LogP contribution in [0.2, 0.25) is 0 Å². The van der Waals surface area contributed by atoms with Crippen molar-refractivity contribution in [2.45, 2.75) is 0 Å². The molecule has 11 aromatic rings. The minimum atomic E-state index is -0.737. The summed E-state index contributed by atoms with van der Waals surface area (Å²) in [7, 11) is 0. The predicted molar refractivity (Wildman–Crippen MR) is 218 cm³/mol. The maximum atomic E-state index is 9.49. The standard InChI is InChI=1S/C50H30O/c1-2-12-34-28-36(24-21-31(34)10-1)47-41-14-5-7-16-43(41)48(44-17-8-6-15-42(44)47)37-25-22-32-20-23-35(29-38(32)30-37)39-18-9-19-46-49(39)45-27-26-33-11-3-4-13-40(33)50(45)51-46/h1-30H/i1D,2D,5D,6D,7D,8D,10D,12D,14D,15D,16D,17D,21D,24D,28D. The van der Waals surface area contributed by atoms with Gasteiger partial charge < -0.3 is 4.42 Å². The van der Waals surface area contributed by atoms with Crippen LogP contribution in [0.1, 0.15) is 20.6 Å². The van der Waals surface area contributed by atoms with Crippen molar-refractivity contribution in [3.05, 3.63) is 182 Å². The average molecular weight is 662 g/mol. The lowest BCUT2D eigenvalue weighted by atomic mass is 9.85. The zero-order valence-electron chi connectivity index (χ0n) is 41.6. The molecule has 236 valence electrons. The first-order chi connectivity index (χ1) is 31.5. The van der Waals surface area contributed by atoms with Crippen LogP contribution in [0.15, 0.2) is 186 Å². The van der Waals surface area contributed by atoms with E-state index in [1.165, 1.54) is 0 Å². The van der Waals surface area contributed by atoms with E-state index in [2.05, 4.69) is 6.07 Å². The van der Waals surface area contributed by atoms with Crippen molar-refractivity contribution in [1.29, 1.82) is 0 Å². The molecule has 51 heavy (non-hydrogen) atoms. The second kappa shape index (κ2) is 10.9. The van der Waals surface area contributed by atoms with Crippen molar-refractivity contribution < 1.29 is 25.0 Å². The highest BCUT2D eigenvalue weighted by molar-refractivity contribution is 6.22. The fourth-order valence-electron chi connectivity index (χ4n) is 7.43. The summed E-state index contributed by atoms with van der Waals surface area (Å²) in [5.74, 6) is 0. The molecule has 0 aliphatic carbocycles. The Labute approximate surface area is 315 Å². The van der Waals surface area contributed by atoms with Gasteiger partial charge in [0.25, 0.3) is 0 Å². The van der Waals surface area contributed by atoms with Gasteiger partial charge in [0.05, 0.1) is 20.6 Å². The molecule has 0 spiro atoms. The van der Waals surface area contributed by atoms with Gasteiger partial charge in [-0.2, -0.15) is 0 Å². The molecule has 10 aromatic carbocycles. The van der Waals surface area contributed by atoms with Gasteiger partial charge in [-0.15, -0.1) is 0 Å². The summed E-state index contributed by atoms with van der Waals surface area (Å²) >= 11 is 0. The summed E-state index contributed by atoms with van der Waals surface area (Å²) in [4.78, 5) is 0. The molecule has 1 nitrogen and oxygen atoms in total. The van der Waals surface area contributed by atoms with Gasteiger partial charge in [-0.05, 0) is 112 Å². The van der Waals surface area contributed by atoms with Crippen LogP contribution in [0.4, 0.5) is 0 Å². The van der Waals surface area contributed by atoms with E-state index in [0.717, 1.165) is 43.6 Å². The Morgan fingerprint density at radius 1 is 0.392 bits per heavy atom. The molecule has 0 fully saturated rings. The van der Waals surface area contributed by atoms with E-state index >= 15 is 0 Å². The summed E-state index contributed by atoms with van der Waals surface area (Å²) in [5.41, 5.74) is 2.70. The van der Waals surface area contributed by atoms with Crippen LogP contribution in [0.3, 0.4) is 0 Å². The molecule has 0 amide bonds. The monoisotopic (exact) mass is 661 g/mol. The lowest BCUT2D eigenvalue weighted by Crippen LogP contribution is -1.91. The molecule has 11 rings (SSSR count). The van der Waals surface area contributed by atoms with Crippen LogP contribution in [0.25, 0.3) is 109 Å². The molecule has 0 aliphatic heterocycles. The molecule has 0 saturated carbocycles. The molecule has 0 radical (unpaired) electrons. The SMILES string of the molecule is [2H]c1c([2H])c([2H])c2c([2H])c(-c3c4c([2H])c([2H])c([2H])c([2H])c4c(-c4ccc5ccc(-c6cccc7oc8c9ccccc9ccc8c67)cc5c4)c4c([2H])c([2H])c([2H])c([2H])c34)c([2H])c([2H])c2c1[2H]. The van der Waals surface area contributed by atoms with Crippen molar-refractivity contribution in [3.8, 4) is 33.4 Å². The van der Waals surface area contributed by atoms with Gasteiger partial charge in [0, 0.05) is 16.2 Å². The van der Waals surface area contributed by atoms with Crippen LogP contribution >= 0.6 is 0 Å². The second-order valence-corrected chi connectivity index (χ2v) is 12.5. The molecular formula is C50H30O. The fourth-order valence-corrected chi connectivity index (χ4v) is 7.43. The van der Waals surface area contributed by atoms with E-state index in [1.807, 2.05) is 72.8 Å². The number of benzene rings is 10. The molecule has 0 saturated heterocycles. The van der Waals surface area contributed by atoms with Crippen molar-refractivity contribution in [3.63, 3.8) is 0 Å². The molecule has 0 unspecified atom stereocenters. The van der Waals surface area contributed by atoms with Crippen LogP contribution in [-0.4, -0.2) is 0 Å². The first-order valence-corrected chi connectivity index (χ1v) is 16.4. The average Bonchev–Trinajstić information content (AvgIpc) is 3.72. The maximum absolute atomic E-state index is 9.49. The van der Waals surface area contributed by atoms with Gasteiger partial charge in [-0.25, -0.2) is 0 Å². The van der Waals surface area contributed by atoms with Crippen molar-refractivity contribution in [2.75, 3.05) is 0 Å². The zero-order valence-corrected chi connectivity index (χ0v) is 26.6. The van der Waals surface area contributed by atoms with E-state index < -0.39 is 107 Å². The number of fused-ring (bicyclic) bond motifs is 9. The first-order valence-electron chi connectivity index (χ1n) is 23.9. The molecular weight excluding hydrogens is 617 g/mol. The highest BCUT2D eigenvalue weighted by Gasteiger charge is 2.18. The summed E-state index contributed by atoms with van der Waals surface area (Å²) in [5, 5.41) is 3.58. The van der Waals surface area contributed by atoms with Crippen molar-refractivity contribution in [2.24, 2.45) is 0 Å². The van der Waals surface area contributed by atoms with Gasteiger partial charge in [-0.3, -0.25) is 0 Å². The third-order valence-corrected chi connectivity index (χ3v) is 9.70. The zero-order chi connectivity index (χ0) is 46.5. The summed E-state index contributed by atoms with van der Waals surface area (Å²) < 4.78 is 141. The lowest BCUT2D eigenvalue weighted by Gasteiger charge is -2.18. The summed E-state index contributed by atoms with van der Waals surface area (Å²) in [6.07, 6.45) is 0. The number of hydrogen-bond donors (Lipinski definition) is 0. The van der Waals surface area contributed by atoms with Crippen molar-refractivity contribution in [1.82, 2.24) is 0 Å². The fraction of sp³-hybridized carbons (Fsp3) is 0. The van der Waals surface area contributed by atoms with Gasteiger partial charge in [-0.1, -0.05) is 151 Å². The van der Waals surface area contributed by atoms with Crippen LogP contribution < -0.4 is 0 Å². The minimum absolute atomic E-state index is 0.0386. The number of hydrogen-bond acceptors (Lipinski definition) is 1. The number of rotatable bonds is 3. The first kappa shape index (κ1) is 17.3. The quantitative estimate of drug-likeness (QED) is 0.172. The van der Waals surface area contributed by atoms with Gasteiger partial charge >= 0.3 is 0 Å². The predicted octanol–water partition coefficient (Wildman–Crippen LogP) is 14.4. The van der Waals surface area contributed by atoms with Crippen LogP contribution in [-0.2, 0) is 0 Å². The molecule has 0 bridgehead atoms. The van der Waals surface area contributed by atoms with Crippen molar-refractivity contribution >= 4 is 75.8 Å². The Balaban J connectivity index is 1.27. The molecule has 0 aliphatic rings. The second-order valence-electron chi connectivity index (χ2n) is 12.5. The minimum Gasteiger partial charge on any atom is -0.455 e. The van der Waals surface area contributed by atoms with Gasteiger partial charge in [0.1, 0.15) is 11.2 Å². The third-order valence-electron chi connectivity index (χ3n) is 9.70. The largest absolute Gasteiger partial charge is 0.455 e. The van der Waals surface area contributed by atoms with E-state index in [0.29, 0.717) is 16.5 Å². The van der Waals surface area contributed by atoms with E-state index in [-0.39, 0.29) is 32.7 Å². The summed E-state index contributed by atoms with van der Waals surface area (Å²) in [6.45, 7) is 0. The Morgan fingerprint density at radius 2 is 1.04 bits per heavy atom. The maximum Gasteiger partial charge on any atom is 0.143 e. The van der Waals surface area contributed by atoms with E-state index in [9.17, 15) is 8.22 Å². The highest BCUT2D eigenvalue weighted by Crippen LogP contribution is 2.45. The van der Waals surface area contributed by atoms with E-state index in [1.54, 1.807) is 12.1 Å². The highest BCUT2D eigenvalue weighted by atomic mass is 16.3. The Kier molecular flexibility index (Phi) is 3.70. The molecule has 0 N–H and O–H groups in total. The van der Waals surface area contributed by atoms with E-state index in [4.69, 9.17) is 16.8 Å². The molecule has 0 atom stereocenters. The topological polar surface area (TPSA) is 13.1 Å². The Bertz CT molecular complexity index is 3980. The smallest absolute Gasteiger partial charge is 0.143 e. The molecule has 1 heterocycles. The molecule has 1 aromatic heterocycles. The van der Waals surface area contributed by atoms with Crippen LogP contribution in [0.5, 0.6) is 0 Å². The van der Waals surface area contributed by atoms with Gasteiger partial charge in [0.2, 0.25) is 0 Å². The Morgan fingerprint density at radius 3 is 1.82 bits per heavy atom. The Hall–Kier alpha value is -6.70. The number of furan rings is 1. The third kappa shape index (κ3) is 4.28. The van der Waals surface area contributed by atoms with Crippen LogP contribution in [0, 0.1) is 0 Å². The molecule has 1 heteroatoms. The van der Waals surface area contributed by atoms with Gasteiger partial charge in [0.15, 0.2) is 0 Å². The summed E-state index contributed by atoms with van der Waals surface area (Å²) in [6, 6.07) is 19.2. The normalized spacial score (nSPS) is 16.0.